The van der Waals surface area contributed by atoms with Gasteiger partial charge in [0.25, 0.3) is 0 Å². The van der Waals surface area contributed by atoms with Crippen LogP contribution in [-0.4, -0.2) is 54.8 Å². The van der Waals surface area contributed by atoms with E-state index in [1.807, 2.05) is 0 Å². The molecule has 2 aromatic rings. The smallest absolute Gasteiger partial charge is 0.164 e. The standard InChI is InChI=1S/C11H13IN4O4/c12-4-1-16(10-6(4)9(13)14-3-15-10)11-8(19)7(18)5(2-17)20-11/h1,3,5,7-8,11,17-19H,2H2,(H2,13,14,15)/t5?,7-,8-,11?/m0/s1. The van der Waals surface area contributed by atoms with Crippen molar-refractivity contribution in [3.8, 4) is 0 Å². The minimum atomic E-state index is -1.16. The number of rotatable bonds is 2. The summed E-state index contributed by atoms with van der Waals surface area (Å²) in [6.45, 7) is -0.373. The summed E-state index contributed by atoms with van der Waals surface area (Å²) in [4.78, 5) is 8.08. The van der Waals surface area contributed by atoms with Gasteiger partial charge in [-0.25, -0.2) is 9.97 Å². The van der Waals surface area contributed by atoms with Gasteiger partial charge < -0.3 is 30.4 Å². The van der Waals surface area contributed by atoms with E-state index in [2.05, 4.69) is 32.6 Å². The third-order valence-corrected chi connectivity index (χ3v) is 4.20. The summed E-state index contributed by atoms with van der Waals surface area (Å²) in [6.07, 6.45) is -0.928. The van der Waals surface area contributed by atoms with Gasteiger partial charge in [0.15, 0.2) is 6.23 Å². The monoisotopic (exact) mass is 392 g/mol. The molecule has 0 radical (unpaired) electrons. The Morgan fingerprint density at radius 2 is 2.10 bits per heavy atom. The van der Waals surface area contributed by atoms with Crippen molar-refractivity contribution < 1.29 is 20.1 Å². The van der Waals surface area contributed by atoms with Crippen LogP contribution in [0.3, 0.4) is 0 Å². The maximum Gasteiger partial charge on any atom is 0.164 e. The molecule has 0 aromatic carbocycles. The normalized spacial score (nSPS) is 30.2. The predicted molar refractivity (Wildman–Crippen MR) is 77.7 cm³/mol. The highest BCUT2D eigenvalue weighted by Crippen LogP contribution is 2.34. The Bertz CT molecular complexity index is 649. The molecular formula is C11H13IN4O4. The van der Waals surface area contributed by atoms with Crippen LogP contribution in [0.15, 0.2) is 12.5 Å². The van der Waals surface area contributed by atoms with Crippen molar-refractivity contribution in [3.63, 3.8) is 0 Å². The van der Waals surface area contributed by atoms with Crippen LogP contribution in [0, 0.1) is 3.57 Å². The molecule has 0 spiro atoms. The average molecular weight is 392 g/mol. The van der Waals surface area contributed by atoms with E-state index in [-0.39, 0.29) is 6.61 Å². The Balaban J connectivity index is 2.10. The molecule has 9 heteroatoms. The summed E-state index contributed by atoms with van der Waals surface area (Å²) in [6, 6.07) is 0. The van der Waals surface area contributed by atoms with E-state index in [9.17, 15) is 10.2 Å². The number of hydrogen-bond donors (Lipinski definition) is 4. The molecule has 1 aliphatic rings. The highest BCUT2D eigenvalue weighted by atomic mass is 127. The van der Waals surface area contributed by atoms with Crippen LogP contribution in [0.1, 0.15) is 6.23 Å². The molecule has 3 rings (SSSR count). The van der Waals surface area contributed by atoms with Gasteiger partial charge in [-0.3, -0.25) is 0 Å². The van der Waals surface area contributed by atoms with Gasteiger partial charge in [-0.1, -0.05) is 0 Å². The fraction of sp³-hybridized carbons (Fsp3) is 0.455. The molecule has 0 saturated carbocycles. The first-order valence-corrected chi connectivity index (χ1v) is 7.01. The number of halogens is 1. The molecule has 0 aliphatic carbocycles. The number of aliphatic hydroxyl groups excluding tert-OH is 3. The van der Waals surface area contributed by atoms with Gasteiger partial charge in [0, 0.05) is 9.77 Å². The average Bonchev–Trinajstić information content (AvgIpc) is 2.90. The summed E-state index contributed by atoms with van der Waals surface area (Å²) in [7, 11) is 0. The van der Waals surface area contributed by atoms with Crippen molar-refractivity contribution in [2.75, 3.05) is 12.3 Å². The van der Waals surface area contributed by atoms with Crippen LogP contribution >= 0.6 is 22.6 Å². The number of anilines is 1. The number of hydrogen-bond acceptors (Lipinski definition) is 7. The van der Waals surface area contributed by atoms with Gasteiger partial charge in [0.2, 0.25) is 0 Å². The van der Waals surface area contributed by atoms with E-state index in [0.717, 1.165) is 3.57 Å². The van der Waals surface area contributed by atoms with Crippen LogP contribution in [-0.2, 0) is 4.74 Å². The number of nitrogens with zero attached hydrogens (tertiary/aromatic N) is 3. The lowest BCUT2D eigenvalue weighted by Crippen LogP contribution is -2.33. The maximum atomic E-state index is 10.1. The molecule has 108 valence electrons. The van der Waals surface area contributed by atoms with Crippen LogP contribution in [0.25, 0.3) is 11.0 Å². The lowest BCUT2D eigenvalue weighted by molar-refractivity contribution is -0.0509. The fourth-order valence-corrected chi connectivity index (χ4v) is 3.18. The molecule has 20 heavy (non-hydrogen) atoms. The molecule has 4 atom stereocenters. The van der Waals surface area contributed by atoms with Gasteiger partial charge >= 0.3 is 0 Å². The largest absolute Gasteiger partial charge is 0.394 e. The zero-order valence-electron chi connectivity index (χ0n) is 10.2. The van der Waals surface area contributed by atoms with Gasteiger partial charge in [-0.15, -0.1) is 0 Å². The maximum absolute atomic E-state index is 10.1. The Morgan fingerprint density at radius 3 is 2.75 bits per heavy atom. The molecule has 0 amide bonds. The topological polar surface area (TPSA) is 127 Å². The highest BCUT2D eigenvalue weighted by molar-refractivity contribution is 14.1. The fourth-order valence-electron chi connectivity index (χ4n) is 2.37. The Labute approximate surface area is 127 Å². The first kappa shape index (κ1) is 13.9. The predicted octanol–water partition coefficient (Wildman–Crippen LogP) is -0.770. The summed E-state index contributed by atoms with van der Waals surface area (Å²) < 4.78 is 7.90. The molecule has 2 aromatic heterocycles. The quantitative estimate of drug-likeness (QED) is 0.495. The molecule has 8 nitrogen and oxygen atoms in total. The third-order valence-electron chi connectivity index (χ3n) is 3.38. The Morgan fingerprint density at radius 1 is 1.35 bits per heavy atom. The van der Waals surface area contributed by atoms with Crippen molar-refractivity contribution in [3.05, 3.63) is 16.1 Å². The first-order chi connectivity index (χ1) is 9.54. The molecule has 2 unspecified atom stereocenters. The van der Waals surface area contributed by atoms with E-state index < -0.39 is 24.5 Å². The lowest BCUT2D eigenvalue weighted by atomic mass is 10.1. The zero-order valence-corrected chi connectivity index (χ0v) is 12.4. The van der Waals surface area contributed by atoms with E-state index in [0.29, 0.717) is 16.9 Å². The van der Waals surface area contributed by atoms with Crippen LogP contribution in [0.5, 0.6) is 0 Å². The first-order valence-electron chi connectivity index (χ1n) is 5.93. The Kier molecular flexibility index (Phi) is 3.54. The Hall–Kier alpha value is -1.01. The van der Waals surface area contributed by atoms with Gasteiger partial charge in [-0.2, -0.15) is 0 Å². The number of aromatic nitrogens is 3. The van der Waals surface area contributed by atoms with Crippen LogP contribution in [0.2, 0.25) is 0 Å². The van der Waals surface area contributed by atoms with Gasteiger partial charge in [0.05, 0.1) is 12.0 Å². The second-order valence-corrected chi connectivity index (χ2v) is 5.73. The summed E-state index contributed by atoms with van der Waals surface area (Å²) >= 11 is 2.09. The number of ether oxygens (including phenoxy) is 1. The molecule has 5 N–H and O–H groups in total. The van der Waals surface area contributed by atoms with E-state index in [1.165, 1.54) is 6.33 Å². The van der Waals surface area contributed by atoms with Crippen molar-refractivity contribution in [2.24, 2.45) is 0 Å². The molecular weight excluding hydrogens is 379 g/mol. The second kappa shape index (κ2) is 5.07. The molecule has 0 bridgehead atoms. The second-order valence-electron chi connectivity index (χ2n) is 4.57. The van der Waals surface area contributed by atoms with Crippen molar-refractivity contribution in [1.29, 1.82) is 0 Å². The minimum Gasteiger partial charge on any atom is -0.394 e. The van der Waals surface area contributed by atoms with Crippen LogP contribution in [0.4, 0.5) is 5.82 Å². The summed E-state index contributed by atoms with van der Waals surface area (Å²) in [5.74, 6) is 0.338. The summed E-state index contributed by atoms with van der Waals surface area (Å²) in [5.41, 5.74) is 6.33. The SMILES string of the molecule is Nc1ncnc2c1c(I)cn2C1OC(CO)[C@H](O)[C@@H]1O. The molecule has 3 heterocycles. The minimum absolute atomic E-state index is 0.338. The molecule has 1 saturated heterocycles. The highest BCUT2D eigenvalue weighted by Gasteiger charge is 2.44. The van der Waals surface area contributed by atoms with Crippen molar-refractivity contribution >= 4 is 39.4 Å². The van der Waals surface area contributed by atoms with Gasteiger partial charge in [-0.05, 0) is 22.6 Å². The lowest BCUT2D eigenvalue weighted by Gasteiger charge is -2.17. The van der Waals surface area contributed by atoms with E-state index >= 15 is 0 Å². The number of nitrogens with two attached hydrogens (primary N) is 1. The molecule has 1 aliphatic heterocycles. The number of aliphatic hydroxyl groups is 3. The van der Waals surface area contributed by atoms with E-state index in [1.54, 1.807) is 10.8 Å². The van der Waals surface area contributed by atoms with Gasteiger partial charge in [0.1, 0.15) is 36.1 Å². The molecule has 1 fully saturated rings. The third kappa shape index (κ3) is 1.97. The van der Waals surface area contributed by atoms with Crippen LogP contribution < -0.4 is 5.73 Å². The summed E-state index contributed by atoms with van der Waals surface area (Å²) in [5, 5.41) is 29.7. The number of fused-ring (bicyclic) bond motifs is 1. The van der Waals surface area contributed by atoms with Crippen molar-refractivity contribution in [2.45, 2.75) is 24.5 Å². The van der Waals surface area contributed by atoms with Crippen molar-refractivity contribution in [1.82, 2.24) is 14.5 Å². The number of nitrogen functional groups attached to an aromatic ring is 1. The zero-order chi connectivity index (χ0) is 14.4. The van der Waals surface area contributed by atoms with E-state index in [4.69, 9.17) is 15.6 Å².